The Morgan fingerprint density at radius 3 is 2.59 bits per heavy atom. The Morgan fingerprint density at radius 1 is 1.32 bits per heavy atom. The van der Waals surface area contributed by atoms with Crippen LogP contribution >= 0.6 is 11.9 Å². The predicted molar refractivity (Wildman–Crippen MR) is 93.9 cm³/mol. The second-order valence-electron chi connectivity index (χ2n) is 4.73. The van der Waals surface area contributed by atoms with Gasteiger partial charge in [0, 0.05) is 7.68 Å². The van der Waals surface area contributed by atoms with Gasteiger partial charge in [0.05, 0.1) is 0 Å². The number of allylic oxidation sites excluding steroid dienone is 4. The highest BCUT2D eigenvalue weighted by molar-refractivity contribution is 7.97. The van der Waals surface area contributed by atoms with Gasteiger partial charge in [-0.15, -0.1) is 0 Å². The molecule has 1 aliphatic rings. The number of nitrogens with one attached hydrogen (secondary N) is 1. The number of hydrogen-bond acceptors (Lipinski definition) is 3. The van der Waals surface area contributed by atoms with E-state index in [1.165, 1.54) is 28.7 Å². The predicted octanol–water partition coefficient (Wildman–Crippen LogP) is 2.18. The number of rotatable bonds is 5. The van der Waals surface area contributed by atoms with E-state index in [2.05, 4.69) is 23.8 Å². The van der Waals surface area contributed by atoms with Crippen molar-refractivity contribution in [1.82, 2.24) is 4.72 Å². The van der Waals surface area contributed by atoms with Gasteiger partial charge in [-0.2, -0.15) is 0 Å². The van der Waals surface area contributed by atoms with E-state index in [1.54, 1.807) is 6.26 Å². The van der Waals surface area contributed by atoms with E-state index < -0.39 is 0 Å². The monoisotopic (exact) mass is 327 g/mol. The molecule has 0 heterocycles. The topological polar surface area (TPSA) is 101 Å². The molecule has 1 aromatic carbocycles. The minimum absolute atomic E-state index is 0. The largest absolute Gasteiger partial charge is 0.484 e. The lowest BCUT2D eigenvalue weighted by Crippen LogP contribution is -2.22. The summed E-state index contributed by atoms with van der Waals surface area (Å²) in [6.07, 6.45) is 8.54. The van der Waals surface area contributed by atoms with Crippen LogP contribution in [0.3, 0.4) is 0 Å². The van der Waals surface area contributed by atoms with Gasteiger partial charge in [0.25, 0.3) is 5.91 Å². The molecule has 1 amide bonds. The van der Waals surface area contributed by atoms with Crippen molar-refractivity contribution in [3.05, 3.63) is 47.6 Å². The van der Waals surface area contributed by atoms with Gasteiger partial charge in [-0.25, -0.2) is 0 Å². The summed E-state index contributed by atoms with van der Waals surface area (Å²) < 4.78 is 8.04. The van der Waals surface area contributed by atoms with Gasteiger partial charge >= 0.3 is 0 Å². The summed E-state index contributed by atoms with van der Waals surface area (Å²) in [7, 11) is 0. The van der Waals surface area contributed by atoms with Crippen molar-refractivity contribution >= 4 is 23.4 Å². The number of carbonyl (C=O) groups excluding carboxylic acids is 1. The molecule has 22 heavy (non-hydrogen) atoms. The van der Waals surface area contributed by atoms with Gasteiger partial charge in [-0.05, 0) is 43.0 Å². The highest BCUT2D eigenvalue weighted by Crippen LogP contribution is 2.26. The lowest BCUT2D eigenvalue weighted by molar-refractivity contribution is -0.121. The van der Waals surface area contributed by atoms with Gasteiger partial charge in [0.15, 0.2) is 6.61 Å². The molecule has 2 rings (SSSR count). The summed E-state index contributed by atoms with van der Waals surface area (Å²) >= 11 is 1.27. The molecule has 124 valence electrons. The Balaban J connectivity index is 0. The molecule has 0 unspecified atom stereocenters. The van der Waals surface area contributed by atoms with Gasteiger partial charge in [-0.1, -0.05) is 41.8 Å². The van der Waals surface area contributed by atoms with E-state index in [0.717, 1.165) is 12.8 Å². The first kappa shape index (κ1) is 20.2. The van der Waals surface area contributed by atoms with Crippen LogP contribution in [0, 0.1) is 0 Å². The lowest BCUT2D eigenvalue weighted by Gasteiger charge is -2.12. The van der Waals surface area contributed by atoms with Crippen LogP contribution < -0.4 is 9.46 Å². The van der Waals surface area contributed by atoms with E-state index in [4.69, 9.17) is 4.74 Å². The molecular formula is C16H25NO4S. The van der Waals surface area contributed by atoms with Crippen molar-refractivity contribution in [1.29, 1.82) is 0 Å². The molecule has 0 radical (unpaired) electrons. The minimum Gasteiger partial charge on any atom is -0.484 e. The molecule has 5 N–H and O–H groups in total. The average Bonchev–Trinajstić information content (AvgIpc) is 2.46. The molecule has 0 bridgehead atoms. The van der Waals surface area contributed by atoms with Crippen molar-refractivity contribution in [2.24, 2.45) is 0 Å². The first-order valence-corrected chi connectivity index (χ1v) is 7.84. The van der Waals surface area contributed by atoms with Gasteiger partial charge in [-0.3, -0.25) is 9.52 Å². The van der Waals surface area contributed by atoms with Crippen molar-refractivity contribution < 1.29 is 21.9 Å². The summed E-state index contributed by atoms with van der Waals surface area (Å²) in [6, 6.07) is 7.87. The molecule has 0 spiro atoms. The summed E-state index contributed by atoms with van der Waals surface area (Å²) in [5.41, 5.74) is 3.86. The molecule has 1 aromatic rings. The van der Waals surface area contributed by atoms with Crippen LogP contribution in [0.1, 0.15) is 26.8 Å². The second kappa shape index (κ2) is 10.0. The van der Waals surface area contributed by atoms with E-state index in [0.29, 0.717) is 5.75 Å². The Bertz CT molecular complexity index is 544. The number of ether oxygens (including phenoxy) is 1. The van der Waals surface area contributed by atoms with Crippen molar-refractivity contribution in [2.75, 3.05) is 12.9 Å². The standard InChI is InChI=1S/C16H19NO2S.2H2O.H2/c1-12-4-3-5-14(10-12)13-6-8-15(9-7-13)19-11-16(18)17-20-2;;;/h5-10H,3-4,11H2,1-2H3,(H,17,18);2*1H2;1H. The van der Waals surface area contributed by atoms with Crippen LogP contribution in [-0.4, -0.2) is 29.7 Å². The Labute approximate surface area is 136 Å². The highest BCUT2D eigenvalue weighted by Gasteiger charge is 2.05. The highest BCUT2D eigenvalue weighted by atomic mass is 32.2. The fraction of sp³-hybridized carbons (Fsp3) is 0.312. The van der Waals surface area contributed by atoms with E-state index in [1.807, 2.05) is 24.3 Å². The maximum Gasteiger partial charge on any atom is 0.267 e. The van der Waals surface area contributed by atoms with Crippen LogP contribution in [0.2, 0.25) is 0 Å². The first-order valence-electron chi connectivity index (χ1n) is 6.61. The maximum atomic E-state index is 11.3. The average molecular weight is 327 g/mol. The fourth-order valence-corrected chi connectivity index (χ4v) is 2.38. The smallest absolute Gasteiger partial charge is 0.267 e. The van der Waals surface area contributed by atoms with E-state index >= 15 is 0 Å². The van der Waals surface area contributed by atoms with E-state index in [-0.39, 0.29) is 24.9 Å². The quantitative estimate of drug-likeness (QED) is 0.838. The zero-order chi connectivity index (χ0) is 14.4. The van der Waals surface area contributed by atoms with Crippen LogP contribution in [0.25, 0.3) is 5.57 Å². The van der Waals surface area contributed by atoms with Crippen molar-refractivity contribution in [3.63, 3.8) is 0 Å². The third kappa shape index (κ3) is 5.93. The first-order chi connectivity index (χ1) is 9.69. The van der Waals surface area contributed by atoms with Crippen LogP contribution in [0.5, 0.6) is 5.75 Å². The molecule has 0 fully saturated rings. The molecule has 0 saturated heterocycles. The maximum absolute atomic E-state index is 11.3. The minimum atomic E-state index is -0.130. The molecule has 0 atom stereocenters. The summed E-state index contributed by atoms with van der Waals surface area (Å²) in [6.45, 7) is 2.21. The number of carbonyl (C=O) groups is 1. The van der Waals surface area contributed by atoms with Crippen molar-refractivity contribution in [2.45, 2.75) is 19.8 Å². The second-order valence-corrected chi connectivity index (χ2v) is 5.34. The Morgan fingerprint density at radius 2 is 2.00 bits per heavy atom. The number of amides is 1. The van der Waals surface area contributed by atoms with Gasteiger partial charge in [0.1, 0.15) is 5.75 Å². The summed E-state index contributed by atoms with van der Waals surface area (Å²) in [4.78, 5) is 11.3. The van der Waals surface area contributed by atoms with Gasteiger partial charge < -0.3 is 15.7 Å². The molecular weight excluding hydrogens is 302 g/mol. The molecule has 6 heteroatoms. The Hall–Kier alpha value is -1.76. The molecule has 1 aliphatic carbocycles. The molecule has 0 aliphatic heterocycles. The summed E-state index contributed by atoms with van der Waals surface area (Å²) in [5, 5.41) is 0. The molecule has 0 aromatic heterocycles. The van der Waals surface area contributed by atoms with Crippen LogP contribution in [0.4, 0.5) is 0 Å². The third-order valence-corrected chi connectivity index (χ3v) is 3.51. The molecule has 0 saturated carbocycles. The summed E-state index contributed by atoms with van der Waals surface area (Å²) in [5.74, 6) is 0.581. The fourth-order valence-electron chi connectivity index (χ4n) is 2.09. The number of benzene rings is 1. The SMILES string of the molecule is CSNC(=O)COc1ccc(C2=CCCC(C)=C2)cc1.O.O.[HH]. The third-order valence-electron chi connectivity index (χ3n) is 3.08. The normalized spacial score (nSPS) is 13.0. The zero-order valence-electron chi connectivity index (χ0n) is 12.8. The zero-order valence-corrected chi connectivity index (χ0v) is 13.6. The van der Waals surface area contributed by atoms with E-state index in [9.17, 15) is 4.79 Å². The molecule has 5 nitrogen and oxygen atoms in total. The van der Waals surface area contributed by atoms with Crippen LogP contribution in [-0.2, 0) is 4.79 Å². The van der Waals surface area contributed by atoms with Gasteiger partial charge in [0.2, 0.25) is 0 Å². The Kier molecular flexibility index (Phi) is 9.24. The number of hydrogen-bond donors (Lipinski definition) is 1. The van der Waals surface area contributed by atoms with Crippen molar-refractivity contribution in [3.8, 4) is 5.75 Å². The lowest BCUT2D eigenvalue weighted by atomic mass is 9.95. The van der Waals surface area contributed by atoms with Crippen LogP contribution in [0.15, 0.2) is 42.0 Å².